The van der Waals surface area contributed by atoms with E-state index in [-0.39, 0.29) is 18.7 Å². The van der Waals surface area contributed by atoms with Gasteiger partial charge in [0.05, 0.1) is 17.4 Å². The number of carbonyl (C=O) groups excluding carboxylic acids is 1. The predicted octanol–water partition coefficient (Wildman–Crippen LogP) is 3.17. The van der Waals surface area contributed by atoms with Gasteiger partial charge in [0.25, 0.3) is 5.56 Å². The average Bonchev–Trinajstić information content (AvgIpc) is 2.87. The summed E-state index contributed by atoms with van der Waals surface area (Å²) in [6.45, 7) is 4.01. The molecule has 0 fully saturated rings. The molecule has 3 aromatic rings. The van der Waals surface area contributed by atoms with Crippen LogP contribution in [0, 0.1) is 0 Å². The lowest BCUT2D eigenvalue weighted by Crippen LogP contribution is -2.27. The van der Waals surface area contributed by atoms with Crippen molar-refractivity contribution < 1.29 is 9.53 Å². The Kier molecular flexibility index (Phi) is 4.10. The summed E-state index contributed by atoms with van der Waals surface area (Å²) in [6.07, 6.45) is 0.982. The van der Waals surface area contributed by atoms with Crippen molar-refractivity contribution in [3.63, 3.8) is 0 Å². The van der Waals surface area contributed by atoms with Gasteiger partial charge in [-0.25, -0.2) is 9.48 Å². The second-order valence-electron chi connectivity index (χ2n) is 5.05. The number of para-hydroxylation sites is 1. The average molecular weight is 308 g/mol. The van der Waals surface area contributed by atoms with Crippen molar-refractivity contribution in [2.45, 2.75) is 13.2 Å². The van der Waals surface area contributed by atoms with Crippen LogP contribution >= 0.6 is 0 Å². The number of carbonyl (C=O) groups is 1. The minimum absolute atomic E-state index is 0.147. The predicted molar refractivity (Wildman–Crippen MR) is 88.4 cm³/mol. The van der Waals surface area contributed by atoms with Crippen LogP contribution in [0.3, 0.4) is 0 Å². The van der Waals surface area contributed by atoms with Crippen LogP contribution < -0.4 is 5.56 Å². The Labute approximate surface area is 133 Å². The van der Waals surface area contributed by atoms with Crippen molar-refractivity contribution in [1.82, 2.24) is 9.36 Å². The Morgan fingerprint density at radius 2 is 1.78 bits per heavy atom. The molecular weight excluding hydrogens is 292 g/mol. The molecule has 0 aliphatic carbocycles. The molecule has 0 radical (unpaired) electrons. The summed E-state index contributed by atoms with van der Waals surface area (Å²) in [5.74, 6) is 0. The lowest BCUT2D eigenvalue weighted by molar-refractivity contribution is 0.135. The van der Waals surface area contributed by atoms with Crippen LogP contribution in [0.2, 0.25) is 0 Å². The molecule has 0 N–H and O–H groups in total. The lowest BCUT2D eigenvalue weighted by Gasteiger charge is -2.10. The highest BCUT2D eigenvalue weighted by Crippen LogP contribution is 2.12. The Morgan fingerprint density at radius 1 is 1.09 bits per heavy atom. The summed E-state index contributed by atoms with van der Waals surface area (Å²) < 4.78 is 7.94. The highest BCUT2D eigenvalue weighted by molar-refractivity contribution is 5.87. The molecule has 1 heterocycles. The summed E-state index contributed by atoms with van der Waals surface area (Å²) in [5, 5.41) is 0.478. The maximum atomic E-state index is 12.5. The molecule has 0 saturated heterocycles. The third-order valence-corrected chi connectivity index (χ3v) is 3.52. The quantitative estimate of drug-likeness (QED) is 0.696. The fourth-order valence-corrected chi connectivity index (χ4v) is 2.46. The van der Waals surface area contributed by atoms with Gasteiger partial charge in [0, 0.05) is 0 Å². The molecule has 0 atom stereocenters. The summed E-state index contributed by atoms with van der Waals surface area (Å²) in [5.41, 5.74) is 1.17. The topological polar surface area (TPSA) is 53.2 Å². The van der Waals surface area contributed by atoms with E-state index < -0.39 is 6.09 Å². The molecule has 116 valence electrons. The first kappa shape index (κ1) is 14.8. The van der Waals surface area contributed by atoms with Gasteiger partial charge in [-0.05, 0) is 17.7 Å². The Bertz CT molecular complexity index is 907. The second kappa shape index (κ2) is 6.36. The maximum Gasteiger partial charge on any atom is 0.434 e. The fraction of sp³-hybridized carbons (Fsp3) is 0.111. The number of ether oxygens (including phenoxy) is 1. The molecule has 0 saturated carbocycles. The van der Waals surface area contributed by atoms with E-state index in [0.717, 1.165) is 5.56 Å². The Balaban J connectivity index is 1.97. The number of hydrogen-bond acceptors (Lipinski definition) is 3. The van der Waals surface area contributed by atoms with Crippen LogP contribution in [0.25, 0.3) is 10.9 Å². The van der Waals surface area contributed by atoms with E-state index in [4.69, 9.17) is 4.74 Å². The van der Waals surface area contributed by atoms with Gasteiger partial charge in [0.1, 0.15) is 6.61 Å². The minimum Gasteiger partial charge on any atom is -0.443 e. The van der Waals surface area contributed by atoms with Crippen molar-refractivity contribution in [3.8, 4) is 0 Å². The molecule has 1 aromatic heterocycles. The van der Waals surface area contributed by atoms with Crippen LogP contribution in [0.4, 0.5) is 4.79 Å². The molecule has 0 aliphatic heterocycles. The van der Waals surface area contributed by atoms with Crippen molar-refractivity contribution in [3.05, 3.63) is 83.2 Å². The van der Waals surface area contributed by atoms with Gasteiger partial charge in [-0.3, -0.25) is 4.79 Å². The zero-order valence-corrected chi connectivity index (χ0v) is 12.5. The number of aromatic nitrogens is 2. The summed E-state index contributed by atoms with van der Waals surface area (Å²) in [4.78, 5) is 24.9. The monoisotopic (exact) mass is 308 g/mol. The van der Waals surface area contributed by atoms with Gasteiger partial charge in [-0.1, -0.05) is 48.5 Å². The minimum atomic E-state index is -0.589. The number of nitrogens with zero attached hydrogens (tertiary/aromatic N) is 2. The van der Waals surface area contributed by atoms with Gasteiger partial charge in [-0.2, -0.15) is 4.68 Å². The van der Waals surface area contributed by atoms with E-state index in [9.17, 15) is 9.59 Å². The molecule has 2 aromatic carbocycles. The Hall–Kier alpha value is -3.08. The Morgan fingerprint density at radius 3 is 2.52 bits per heavy atom. The molecule has 0 unspecified atom stereocenters. The van der Waals surface area contributed by atoms with E-state index in [1.54, 1.807) is 30.3 Å². The number of fused-ring (bicyclic) bond motifs is 1. The third-order valence-electron chi connectivity index (χ3n) is 3.52. The van der Waals surface area contributed by atoms with E-state index in [1.807, 2.05) is 30.3 Å². The molecule has 0 amide bonds. The molecule has 5 nitrogen and oxygen atoms in total. The smallest absolute Gasteiger partial charge is 0.434 e. The van der Waals surface area contributed by atoms with Crippen LogP contribution in [-0.2, 0) is 17.9 Å². The first-order valence-corrected chi connectivity index (χ1v) is 7.25. The van der Waals surface area contributed by atoms with Crippen LogP contribution in [0.15, 0.2) is 72.0 Å². The summed E-state index contributed by atoms with van der Waals surface area (Å²) >= 11 is 0. The van der Waals surface area contributed by atoms with E-state index in [0.29, 0.717) is 10.9 Å². The summed E-state index contributed by atoms with van der Waals surface area (Å²) in [6, 6.07) is 16.4. The number of allylic oxidation sites excluding steroid dienone is 1. The van der Waals surface area contributed by atoms with Gasteiger partial charge in [0.2, 0.25) is 0 Å². The maximum absolute atomic E-state index is 12.5. The largest absolute Gasteiger partial charge is 0.443 e. The normalized spacial score (nSPS) is 10.6. The highest BCUT2D eigenvalue weighted by atomic mass is 16.6. The SMILES string of the molecule is C=CCn1c(=O)c2ccccc2n1C(=O)OCc1ccccc1. The van der Waals surface area contributed by atoms with Crippen molar-refractivity contribution >= 4 is 17.0 Å². The number of rotatable bonds is 4. The summed E-state index contributed by atoms with van der Waals surface area (Å²) in [7, 11) is 0. The fourth-order valence-electron chi connectivity index (χ4n) is 2.46. The highest BCUT2D eigenvalue weighted by Gasteiger charge is 2.18. The van der Waals surface area contributed by atoms with Gasteiger partial charge in [-0.15, -0.1) is 6.58 Å². The van der Waals surface area contributed by atoms with E-state index >= 15 is 0 Å². The van der Waals surface area contributed by atoms with Crippen molar-refractivity contribution in [1.29, 1.82) is 0 Å². The van der Waals surface area contributed by atoms with E-state index in [1.165, 1.54) is 9.36 Å². The van der Waals surface area contributed by atoms with Gasteiger partial charge < -0.3 is 4.74 Å². The molecule has 0 bridgehead atoms. The van der Waals surface area contributed by atoms with E-state index in [2.05, 4.69) is 6.58 Å². The lowest BCUT2D eigenvalue weighted by atomic mass is 10.2. The van der Waals surface area contributed by atoms with Crippen molar-refractivity contribution in [2.75, 3.05) is 0 Å². The standard InChI is InChI=1S/C18H16N2O3/c1-2-12-19-17(21)15-10-6-7-11-16(15)20(19)18(22)23-13-14-8-4-3-5-9-14/h2-11H,1,12-13H2. The number of benzene rings is 2. The van der Waals surface area contributed by atoms with Crippen molar-refractivity contribution in [2.24, 2.45) is 0 Å². The van der Waals surface area contributed by atoms with Crippen LogP contribution in [0.1, 0.15) is 5.56 Å². The zero-order valence-electron chi connectivity index (χ0n) is 12.5. The van der Waals surface area contributed by atoms with Crippen LogP contribution in [-0.4, -0.2) is 15.5 Å². The third kappa shape index (κ3) is 2.81. The molecule has 5 heteroatoms. The zero-order chi connectivity index (χ0) is 16.2. The van der Waals surface area contributed by atoms with Crippen LogP contribution in [0.5, 0.6) is 0 Å². The molecule has 0 aliphatic rings. The van der Waals surface area contributed by atoms with Gasteiger partial charge in [0.15, 0.2) is 0 Å². The molecule has 23 heavy (non-hydrogen) atoms. The first-order valence-electron chi connectivity index (χ1n) is 7.25. The van der Waals surface area contributed by atoms with Gasteiger partial charge >= 0.3 is 6.09 Å². The first-order chi connectivity index (χ1) is 11.2. The molecule has 0 spiro atoms. The number of hydrogen-bond donors (Lipinski definition) is 0. The molecule has 3 rings (SSSR count). The second-order valence-corrected chi connectivity index (χ2v) is 5.05. The molecular formula is C18H16N2O3.